The van der Waals surface area contributed by atoms with E-state index in [0.29, 0.717) is 22.6 Å². The van der Waals surface area contributed by atoms with Gasteiger partial charge in [-0.25, -0.2) is 14.1 Å². The number of amides is 1. The molecule has 8 nitrogen and oxygen atoms in total. The van der Waals surface area contributed by atoms with Crippen molar-refractivity contribution in [3.8, 4) is 22.7 Å². The number of carbonyl (C=O) groups excluding carboxylic acids is 1. The van der Waals surface area contributed by atoms with Gasteiger partial charge in [-0.3, -0.25) is 14.0 Å². The van der Waals surface area contributed by atoms with Crippen molar-refractivity contribution in [2.45, 2.75) is 13.8 Å². The van der Waals surface area contributed by atoms with Crippen LogP contribution in [0.1, 0.15) is 11.4 Å². The zero-order chi connectivity index (χ0) is 25.2. The Bertz CT molecular complexity index is 1630. The molecule has 36 heavy (non-hydrogen) atoms. The molecule has 0 atom stereocenters. The largest absolute Gasteiger partial charge is 0.480 e. The number of aryl methyl sites for hydroxylation is 2. The number of aromatic nitrogens is 4. The van der Waals surface area contributed by atoms with E-state index in [9.17, 15) is 14.0 Å². The van der Waals surface area contributed by atoms with Crippen LogP contribution in [0.3, 0.4) is 0 Å². The second-order valence-electron chi connectivity index (χ2n) is 8.21. The lowest BCUT2D eigenvalue weighted by atomic mass is 10.1. The number of benzene rings is 2. The second kappa shape index (κ2) is 9.46. The van der Waals surface area contributed by atoms with Crippen LogP contribution in [0, 0.1) is 19.7 Å². The van der Waals surface area contributed by atoms with E-state index in [-0.39, 0.29) is 23.6 Å². The Morgan fingerprint density at radius 1 is 1.03 bits per heavy atom. The Morgan fingerprint density at radius 2 is 1.78 bits per heavy atom. The molecule has 3 heterocycles. The predicted molar refractivity (Wildman–Crippen MR) is 134 cm³/mol. The Labute approximate surface area is 205 Å². The van der Waals surface area contributed by atoms with Crippen molar-refractivity contribution < 1.29 is 13.9 Å². The van der Waals surface area contributed by atoms with Gasteiger partial charge in [-0.05, 0) is 68.4 Å². The molecule has 0 fully saturated rings. The molecule has 9 heteroatoms. The van der Waals surface area contributed by atoms with Gasteiger partial charge in [-0.1, -0.05) is 18.2 Å². The molecule has 1 N–H and O–H groups in total. The lowest BCUT2D eigenvalue weighted by Crippen LogP contribution is -2.22. The maximum absolute atomic E-state index is 13.5. The number of ether oxygens (including phenoxy) is 1. The van der Waals surface area contributed by atoms with Crippen molar-refractivity contribution in [2.24, 2.45) is 0 Å². The van der Waals surface area contributed by atoms with E-state index in [1.54, 1.807) is 29.9 Å². The fraction of sp³-hybridized carbons (Fsp3) is 0.111. The molecule has 0 saturated carbocycles. The van der Waals surface area contributed by atoms with Crippen LogP contribution in [0.2, 0.25) is 0 Å². The Morgan fingerprint density at radius 3 is 2.53 bits per heavy atom. The molecule has 5 rings (SSSR count). The minimum Gasteiger partial charge on any atom is -0.480 e. The van der Waals surface area contributed by atoms with Gasteiger partial charge in [-0.2, -0.15) is 5.10 Å². The second-order valence-corrected chi connectivity index (χ2v) is 8.21. The topological polar surface area (TPSA) is 90.5 Å². The molecule has 0 aliphatic carbocycles. The minimum atomic E-state index is -0.429. The van der Waals surface area contributed by atoms with Crippen molar-refractivity contribution in [3.63, 3.8) is 0 Å². The van der Waals surface area contributed by atoms with E-state index >= 15 is 0 Å². The first-order chi connectivity index (χ1) is 17.4. The molecule has 1 amide bonds. The third-order valence-corrected chi connectivity index (χ3v) is 5.63. The molecule has 180 valence electrons. The van der Waals surface area contributed by atoms with Gasteiger partial charge in [0.2, 0.25) is 0 Å². The summed E-state index contributed by atoms with van der Waals surface area (Å²) in [4.78, 5) is 30.4. The van der Waals surface area contributed by atoms with Gasteiger partial charge in [-0.15, -0.1) is 0 Å². The Kier molecular flexibility index (Phi) is 6.03. The summed E-state index contributed by atoms with van der Waals surface area (Å²) < 4.78 is 21.9. The van der Waals surface area contributed by atoms with Crippen LogP contribution in [0.15, 0.2) is 83.8 Å². The van der Waals surface area contributed by atoms with E-state index in [2.05, 4.69) is 15.4 Å². The smallest absolute Gasteiger partial charge is 0.267 e. The standard InChI is InChI=1S/C27H22FN5O3/c1-17-15-22(31-33(17)21-7-4-3-5-8-21)25-18(2)29-26-23(9-6-14-32(26)27(25)35)36-16-24(34)30-20-12-10-19(28)11-13-20/h3-15H,16H2,1-2H3,(H,30,34). The highest BCUT2D eigenvalue weighted by Gasteiger charge is 2.18. The first-order valence-corrected chi connectivity index (χ1v) is 11.2. The van der Waals surface area contributed by atoms with Crippen LogP contribution in [-0.2, 0) is 4.79 Å². The zero-order valence-electron chi connectivity index (χ0n) is 19.6. The van der Waals surface area contributed by atoms with Crippen LogP contribution in [0.4, 0.5) is 10.1 Å². The number of pyridine rings is 1. The molecule has 3 aromatic heterocycles. The molecule has 2 aromatic carbocycles. The van der Waals surface area contributed by atoms with E-state index < -0.39 is 11.7 Å². The summed E-state index contributed by atoms with van der Waals surface area (Å²) >= 11 is 0. The van der Waals surface area contributed by atoms with Gasteiger partial charge in [0.15, 0.2) is 18.0 Å². The molecular weight excluding hydrogens is 461 g/mol. The normalized spacial score (nSPS) is 11.0. The van der Waals surface area contributed by atoms with Crippen LogP contribution in [0.5, 0.6) is 5.75 Å². The van der Waals surface area contributed by atoms with Crippen molar-refractivity contribution in [1.82, 2.24) is 19.2 Å². The van der Waals surface area contributed by atoms with Gasteiger partial charge >= 0.3 is 0 Å². The Balaban J connectivity index is 1.44. The van der Waals surface area contributed by atoms with E-state index in [1.165, 1.54) is 28.7 Å². The maximum atomic E-state index is 13.5. The summed E-state index contributed by atoms with van der Waals surface area (Å²) in [7, 11) is 0. The number of para-hydroxylation sites is 1. The van der Waals surface area contributed by atoms with Gasteiger partial charge in [0.05, 0.1) is 16.9 Å². The summed E-state index contributed by atoms with van der Waals surface area (Å²) in [6.45, 7) is 3.36. The number of fused-ring (bicyclic) bond motifs is 1. The van der Waals surface area contributed by atoms with Crippen LogP contribution >= 0.6 is 0 Å². The number of hydrogen-bond acceptors (Lipinski definition) is 5. The molecule has 0 unspecified atom stereocenters. The number of nitrogens with one attached hydrogen (secondary N) is 1. The molecule has 0 saturated heterocycles. The fourth-order valence-electron chi connectivity index (χ4n) is 3.95. The summed E-state index contributed by atoms with van der Waals surface area (Å²) in [5.74, 6) is -0.543. The van der Waals surface area contributed by atoms with Crippen LogP contribution in [0.25, 0.3) is 22.6 Å². The average molecular weight is 484 g/mol. The van der Waals surface area contributed by atoms with E-state index in [1.807, 2.05) is 43.3 Å². The van der Waals surface area contributed by atoms with E-state index in [0.717, 1.165) is 11.4 Å². The van der Waals surface area contributed by atoms with E-state index in [4.69, 9.17) is 4.74 Å². The highest BCUT2D eigenvalue weighted by Crippen LogP contribution is 2.24. The van der Waals surface area contributed by atoms with Gasteiger partial charge in [0.1, 0.15) is 11.5 Å². The molecule has 0 aliphatic heterocycles. The van der Waals surface area contributed by atoms with Crippen molar-refractivity contribution in [3.05, 3.63) is 107 Å². The number of nitrogens with zero attached hydrogens (tertiary/aromatic N) is 4. The summed E-state index contributed by atoms with van der Waals surface area (Å²) in [5, 5.41) is 7.29. The summed E-state index contributed by atoms with van der Waals surface area (Å²) in [6, 6.07) is 20.2. The summed E-state index contributed by atoms with van der Waals surface area (Å²) in [6.07, 6.45) is 1.60. The minimum absolute atomic E-state index is 0.282. The van der Waals surface area contributed by atoms with Gasteiger partial charge < -0.3 is 10.1 Å². The Hall–Kier alpha value is -4.79. The SMILES string of the molecule is Cc1nc2c(OCC(=O)Nc3ccc(F)cc3)cccn2c(=O)c1-c1cc(C)n(-c2ccccc2)n1. The number of rotatable bonds is 6. The third-order valence-electron chi connectivity index (χ3n) is 5.63. The molecule has 0 spiro atoms. The number of hydrogen-bond donors (Lipinski definition) is 1. The monoisotopic (exact) mass is 483 g/mol. The third kappa shape index (κ3) is 4.46. The first-order valence-electron chi connectivity index (χ1n) is 11.2. The quantitative estimate of drug-likeness (QED) is 0.389. The fourth-order valence-corrected chi connectivity index (χ4v) is 3.95. The first kappa shape index (κ1) is 23.0. The molecule has 0 aliphatic rings. The van der Waals surface area contributed by atoms with Crippen LogP contribution < -0.4 is 15.6 Å². The number of halogens is 1. The number of anilines is 1. The van der Waals surface area contributed by atoms with Crippen molar-refractivity contribution in [1.29, 1.82) is 0 Å². The predicted octanol–water partition coefficient (Wildman–Crippen LogP) is 4.32. The van der Waals surface area contributed by atoms with Crippen LogP contribution in [-0.4, -0.2) is 31.7 Å². The average Bonchev–Trinajstić information content (AvgIpc) is 3.25. The zero-order valence-corrected chi connectivity index (χ0v) is 19.6. The van der Waals surface area contributed by atoms with Gasteiger partial charge in [0.25, 0.3) is 11.5 Å². The summed E-state index contributed by atoms with van der Waals surface area (Å²) in [5.41, 5.74) is 3.61. The highest BCUT2D eigenvalue weighted by atomic mass is 19.1. The molecule has 0 bridgehead atoms. The number of carbonyl (C=O) groups is 1. The van der Waals surface area contributed by atoms with Crippen molar-refractivity contribution >= 4 is 17.2 Å². The maximum Gasteiger partial charge on any atom is 0.267 e. The molecule has 5 aromatic rings. The van der Waals surface area contributed by atoms with Gasteiger partial charge in [0, 0.05) is 17.6 Å². The lowest BCUT2D eigenvalue weighted by molar-refractivity contribution is -0.118. The molecular formula is C27H22FN5O3. The highest BCUT2D eigenvalue weighted by molar-refractivity contribution is 5.91. The lowest BCUT2D eigenvalue weighted by Gasteiger charge is -2.12. The van der Waals surface area contributed by atoms with Crippen molar-refractivity contribution in [2.75, 3.05) is 11.9 Å². The molecule has 0 radical (unpaired) electrons.